The summed E-state index contributed by atoms with van der Waals surface area (Å²) in [5.41, 5.74) is 0. The molecule has 0 aliphatic heterocycles. The summed E-state index contributed by atoms with van der Waals surface area (Å²) in [6.07, 6.45) is 17.9. The van der Waals surface area contributed by atoms with Crippen molar-refractivity contribution in [2.24, 2.45) is 0 Å². The molecule has 0 aromatic carbocycles. The maximum Gasteiger partial charge on any atom is 0.362 e. The van der Waals surface area contributed by atoms with E-state index in [4.69, 9.17) is 0 Å². The van der Waals surface area contributed by atoms with Crippen molar-refractivity contribution in [2.75, 3.05) is 6.54 Å². The molecule has 0 aromatic rings. The molecule has 0 spiro atoms. The quantitative estimate of drug-likeness (QED) is 0.127. The summed E-state index contributed by atoms with van der Waals surface area (Å²) in [5, 5.41) is 28.7. The van der Waals surface area contributed by atoms with Crippen molar-refractivity contribution >= 4 is 17.9 Å². The van der Waals surface area contributed by atoms with Gasteiger partial charge in [-0.2, -0.15) is 0 Å². The Kier molecular flexibility index (Phi) is 15.7. The van der Waals surface area contributed by atoms with Crippen molar-refractivity contribution in [2.45, 2.75) is 123 Å². The van der Waals surface area contributed by atoms with E-state index in [1.807, 2.05) is 6.08 Å². The Bertz CT molecular complexity index is 539. The maximum atomic E-state index is 11.7. The van der Waals surface area contributed by atoms with E-state index in [0.29, 0.717) is 12.8 Å². The highest BCUT2D eigenvalue weighted by Gasteiger charge is 2.52. The molecule has 186 valence electrons. The van der Waals surface area contributed by atoms with E-state index < -0.39 is 40.5 Å². The first-order valence-corrected chi connectivity index (χ1v) is 12.3. The molecule has 0 aliphatic rings. The molecule has 3 unspecified atom stereocenters. The normalized spacial score (nSPS) is 16.4. The third-order valence-electron chi connectivity index (χ3n) is 6.79. The number of carbonyl (C=O) groups is 3. The van der Waals surface area contributed by atoms with Gasteiger partial charge in [0.2, 0.25) is 0 Å². The summed E-state index contributed by atoms with van der Waals surface area (Å²) in [4.78, 5) is 35.2. The lowest BCUT2D eigenvalue weighted by Gasteiger charge is -2.47. The molecule has 0 radical (unpaired) electrons. The van der Waals surface area contributed by atoms with Gasteiger partial charge in [0.25, 0.3) is 0 Å². The predicted octanol–water partition coefficient (Wildman–Crippen LogP) is 5.48. The van der Waals surface area contributed by atoms with Crippen LogP contribution in [0.4, 0.5) is 0 Å². The Morgan fingerprint density at radius 2 is 0.969 bits per heavy atom. The van der Waals surface area contributed by atoms with Gasteiger partial charge in [-0.05, 0) is 40.0 Å². The van der Waals surface area contributed by atoms with Crippen LogP contribution in [-0.2, 0) is 14.4 Å². The Morgan fingerprint density at radius 3 is 1.34 bits per heavy atom. The molecule has 7 heteroatoms. The summed E-state index contributed by atoms with van der Waals surface area (Å²) in [7, 11) is 0. The SMILES string of the molecule is CCCCCCCCCCC/C=C/CCC[N+](C(C)C(=O)O)(C(C)C(=O)O)C(C)C(=O)O. The van der Waals surface area contributed by atoms with Crippen LogP contribution < -0.4 is 0 Å². The molecule has 32 heavy (non-hydrogen) atoms. The highest BCUT2D eigenvalue weighted by molar-refractivity contribution is 5.77. The smallest absolute Gasteiger partial charge is 0.362 e. The molecule has 0 rings (SSSR count). The van der Waals surface area contributed by atoms with E-state index in [1.54, 1.807) is 0 Å². The minimum absolute atomic E-state index is 0.177. The number of quaternary nitrogens is 1. The molecule has 0 aliphatic carbocycles. The number of hydrogen-bond donors (Lipinski definition) is 3. The van der Waals surface area contributed by atoms with Crippen LogP contribution in [0.5, 0.6) is 0 Å². The van der Waals surface area contributed by atoms with Gasteiger partial charge in [0.1, 0.15) is 0 Å². The predicted molar refractivity (Wildman–Crippen MR) is 127 cm³/mol. The number of carboxylic acid groups (broad SMARTS) is 3. The molecule has 0 amide bonds. The zero-order chi connectivity index (χ0) is 24.6. The Balaban J connectivity index is 4.61. The van der Waals surface area contributed by atoms with Crippen LogP contribution in [-0.4, -0.2) is 62.4 Å². The first-order valence-electron chi connectivity index (χ1n) is 12.3. The molecule has 0 saturated heterocycles. The van der Waals surface area contributed by atoms with Gasteiger partial charge in [-0.3, -0.25) is 4.48 Å². The van der Waals surface area contributed by atoms with Crippen molar-refractivity contribution in [1.82, 2.24) is 0 Å². The van der Waals surface area contributed by atoms with Gasteiger partial charge < -0.3 is 15.3 Å². The summed E-state index contributed by atoms with van der Waals surface area (Å²) in [6.45, 7) is 6.62. The molecule has 3 atom stereocenters. The number of rotatable bonds is 20. The third-order valence-corrected chi connectivity index (χ3v) is 6.79. The maximum absolute atomic E-state index is 11.7. The lowest BCUT2D eigenvalue weighted by Crippen LogP contribution is -2.70. The van der Waals surface area contributed by atoms with Crippen molar-refractivity contribution < 1.29 is 34.2 Å². The third kappa shape index (κ3) is 10.2. The highest BCUT2D eigenvalue weighted by atomic mass is 16.4. The van der Waals surface area contributed by atoms with Crippen molar-refractivity contribution in [3.05, 3.63) is 12.2 Å². The van der Waals surface area contributed by atoms with Gasteiger partial charge in [0, 0.05) is 6.42 Å². The first kappa shape index (κ1) is 30.1. The fourth-order valence-electron chi connectivity index (χ4n) is 4.50. The first-order chi connectivity index (χ1) is 15.1. The molecule has 0 fully saturated rings. The number of unbranched alkanes of at least 4 members (excludes halogenated alkanes) is 10. The topological polar surface area (TPSA) is 112 Å². The van der Waals surface area contributed by atoms with Crippen LogP contribution >= 0.6 is 0 Å². The second kappa shape index (κ2) is 16.7. The second-order valence-corrected chi connectivity index (χ2v) is 8.99. The van der Waals surface area contributed by atoms with Gasteiger partial charge in [0.05, 0.1) is 6.54 Å². The summed E-state index contributed by atoms with van der Waals surface area (Å²) >= 11 is 0. The van der Waals surface area contributed by atoms with Gasteiger partial charge in [-0.15, -0.1) is 0 Å². The average molecular weight is 457 g/mol. The molecular weight excluding hydrogens is 410 g/mol. The van der Waals surface area contributed by atoms with Gasteiger partial charge in [-0.25, -0.2) is 14.4 Å². The average Bonchev–Trinajstić information content (AvgIpc) is 2.75. The Morgan fingerprint density at radius 1 is 0.625 bits per heavy atom. The summed E-state index contributed by atoms with van der Waals surface area (Å²) in [5.74, 6) is -3.56. The van der Waals surface area contributed by atoms with E-state index in [9.17, 15) is 29.7 Å². The zero-order valence-electron chi connectivity index (χ0n) is 20.6. The van der Waals surface area contributed by atoms with E-state index in [-0.39, 0.29) is 6.54 Å². The minimum Gasteiger partial charge on any atom is -0.477 e. The Hall–Kier alpha value is -1.89. The zero-order valence-corrected chi connectivity index (χ0v) is 20.6. The lowest BCUT2D eigenvalue weighted by atomic mass is 10.0. The van der Waals surface area contributed by atoms with Crippen LogP contribution in [0, 0.1) is 0 Å². The van der Waals surface area contributed by atoms with Crippen LogP contribution in [0.1, 0.15) is 105 Å². The van der Waals surface area contributed by atoms with Gasteiger partial charge >= 0.3 is 17.9 Å². The molecule has 0 aromatic heterocycles. The monoisotopic (exact) mass is 456 g/mol. The highest BCUT2D eigenvalue weighted by Crippen LogP contribution is 2.27. The van der Waals surface area contributed by atoms with E-state index in [2.05, 4.69) is 13.0 Å². The molecule has 7 nitrogen and oxygen atoms in total. The molecule has 0 saturated carbocycles. The van der Waals surface area contributed by atoms with Crippen molar-refractivity contribution in [3.8, 4) is 0 Å². The van der Waals surface area contributed by atoms with E-state index in [1.165, 1.54) is 72.1 Å². The van der Waals surface area contributed by atoms with Crippen LogP contribution in [0.15, 0.2) is 12.2 Å². The molecule has 0 heterocycles. The second-order valence-electron chi connectivity index (χ2n) is 8.99. The Labute approximate surface area is 194 Å². The minimum atomic E-state index is -1.19. The lowest BCUT2D eigenvalue weighted by molar-refractivity contribution is -0.968. The van der Waals surface area contributed by atoms with Crippen molar-refractivity contribution in [3.63, 3.8) is 0 Å². The summed E-state index contributed by atoms with van der Waals surface area (Å²) in [6, 6.07) is -3.42. The molecule has 0 bridgehead atoms. The van der Waals surface area contributed by atoms with E-state index in [0.717, 1.165) is 12.8 Å². The number of carboxylic acids is 3. The van der Waals surface area contributed by atoms with Crippen LogP contribution in [0.3, 0.4) is 0 Å². The number of nitrogens with zero attached hydrogens (tertiary/aromatic N) is 1. The van der Waals surface area contributed by atoms with E-state index >= 15 is 0 Å². The molecule has 3 N–H and O–H groups in total. The fourth-order valence-corrected chi connectivity index (χ4v) is 4.50. The number of aliphatic carboxylic acids is 3. The largest absolute Gasteiger partial charge is 0.477 e. The summed E-state index contributed by atoms with van der Waals surface area (Å²) < 4.78 is -0.508. The van der Waals surface area contributed by atoms with Gasteiger partial charge in [0.15, 0.2) is 18.1 Å². The number of hydrogen-bond acceptors (Lipinski definition) is 3. The standard InChI is InChI=1S/C25H45NO6/c1-5-6-7-8-9-10-11-12-13-14-15-16-17-18-19-26(20(2)23(27)28,21(3)24(29)30)22(4)25(31)32/h15-16,20-22H,5-14,17-19H2,1-4H3,(H2-,27,28,29,30,31,32)/p+1/b16-15+. The van der Waals surface area contributed by atoms with Crippen molar-refractivity contribution in [1.29, 1.82) is 0 Å². The fraction of sp³-hybridized carbons (Fsp3) is 0.800. The van der Waals surface area contributed by atoms with Gasteiger partial charge in [-0.1, -0.05) is 70.4 Å². The molecular formula is C25H46NO6+. The van der Waals surface area contributed by atoms with Crippen LogP contribution in [0.25, 0.3) is 0 Å². The number of allylic oxidation sites excluding steroid dienone is 2. The van der Waals surface area contributed by atoms with Crippen LogP contribution in [0.2, 0.25) is 0 Å².